The highest BCUT2D eigenvalue weighted by molar-refractivity contribution is 7.81. The molecular formula is C13H15N3O4S. The molecule has 3 atom stereocenters. The van der Waals surface area contributed by atoms with E-state index in [1.165, 1.54) is 12.1 Å². The third-order valence-electron chi connectivity index (χ3n) is 4.44. The van der Waals surface area contributed by atoms with Crippen molar-refractivity contribution in [2.24, 2.45) is 5.92 Å². The SMILES string of the molecule is O=[N+]([O-])c1ccc(CN2CC3CC2CC3S)cc1[N+](=O)[O-]. The van der Waals surface area contributed by atoms with Crippen LogP contribution in [0.4, 0.5) is 11.4 Å². The largest absolute Gasteiger partial charge is 0.346 e. The Labute approximate surface area is 126 Å². The average molecular weight is 309 g/mol. The lowest BCUT2D eigenvalue weighted by Crippen LogP contribution is -2.35. The number of benzene rings is 1. The molecule has 1 aliphatic heterocycles. The molecule has 3 unspecified atom stereocenters. The molecule has 112 valence electrons. The van der Waals surface area contributed by atoms with Crippen LogP contribution < -0.4 is 0 Å². The van der Waals surface area contributed by atoms with E-state index in [9.17, 15) is 20.2 Å². The van der Waals surface area contributed by atoms with Gasteiger partial charge >= 0.3 is 11.4 Å². The summed E-state index contributed by atoms with van der Waals surface area (Å²) in [6, 6.07) is 4.63. The van der Waals surface area contributed by atoms with Crippen molar-refractivity contribution in [2.45, 2.75) is 30.7 Å². The molecule has 2 bridgehead atoms. The van der Waals surface area contributed by atoms with E-state index >= 15 is 0 Å². The molecule has 1 heterocycles. The van der Waals surface area contributed by atoms with Gasteiger partial charge in [0.2, 0.25) is 0 Å². The number of hydrogen-bond donors (Lipinski definition) is 1. The minimum Gasteiger partial charge on any atom is -0.296 e. The normalized spacial score (nSPS) is 28.0. The predicted molar refractivity (Wildman–Crippen MR) is 79.4 cm³/mol. The van der Waals surface area contributed by atoms with Gasteiger partial charge in [-0.1, -0.05) is 6.07 Å². The fourth-order valence-corrected chi connectivity index (χ4v) is 3.87. The molecule has 3 rings (SSSR count). The highest BCUT2D eigenvalue weighted by atomic mass is 32.1. The first-order chi connectivity index (χ1) is 9.95. The summed E-state index contributed by atoms with van der Waals surface area (Å²) in [6.07, 6.45) is 2.17. The summed E-state index contributed by atoms with van der Waals surface area (Å²) in [5, 5.41) is 22.2. The topological polar surface area (TPSA) is 89.5 Å². The van der Waals surface area contributed by atoms with Gasteiger partial charge < -0.3 is 0 Å². The van der Waals surface area contributed by atoms with Gasteiger partial charge in [0, 0.05) is 36.5 Å². The molecule has 1 aliphatic carbocycles. The lowest BCUT2D eigenvalue weighted by molar-refractivity contribution is -0.422. The Balaban J connectivity index is 1.79. The number of thiol groups is 1. The van der Waals surface area contributed by atoms with Gasteiger partial charge in [-0.25, -0.2) is 0 Å². The Bertz CT molecular complexity index is 607. The Hall–Kier alpha value is -1.67. The first kappa shape index (κ1) is 14.3. The van der Waals surface area contributed by atoms with E-state index in [2.05, 4.69) is 17.5 Å². The predicted octanol–water partition coefficient (Wildman–Crippen LogP) is 2.40. The summed E-state index contributed by atoms with van der Waals surface area (Å²) in [7, 11) is 0. The maximum Gasteiger partial charge on any atom is 0.346 e. The van der Waals surface area contributed by atoms with Crippen LogP contribution in [-0.2, 0) is 6.54 Å². The van der Waals surface area contributed by atoms with Crippen LogP contribution in [0.25, 0.3) is 0 Å². The first-order valence-electron chi connectivity index (χ1n) is 6.79. The molecule has 7 nitrogen and oxygen atoms in total. The van der Waals surface area contributed by atoms with Gasteiger partial charge in [-0.05, 0) is 24.3 Å². The zero-order valence-corrected chi connectivity index (χ0v) is 12.1. The van der Waals surface area contributed by atoms with Crippen molar-refractivity contribution in [2.75, 3.05) is 6.54 Å². The van der Waals surface area contributed by atoms with Crippen molar-refractivity contribution in [1.29, 1.82) is 0 Å². The molecule has 0 radical (unpaired) electrons. The van der Waals surface area contributed by atoms with Crippen molar-refractivity contribution < 1.29 is 9.85 Å². The molecule has 1 saturated heterocycles. The highest BCUT2D eigenvalue weighted by Gasteiger charge is 2.42. The number of likely N-dealkylation sites (tertiary alicyclic amines) is 1. The van der Waals surface area contributed by atoms with Crippen LogP contribution in [0.1, 0.15) is 18.4 Å². The van der Waals surface area contributed by atoms with Crippen LogP contribution in [0.3, 0.4) is 0 Å². The highest BCUT2D eigenvalue weighted by Crippen LogP contribution is 2.41. The summed E-state index contributed by atoms with van der Waals surface area (Å²) in [6.45, 7) is 1.55. The monoisotopic (exact) mass is 309 g/mol. The Morgan fingerprint density at radius 1 is 1.19 bits per heavy atom. The van der Waals surface area contributed by atoms with E-state index in [0.717, 1.165) is 24.9 Å². The molecule has 0 spiro atoms. The molecule has 0 N–H and O–H groups in total. The molecule has 8 heteroatoms. The minimum atomic E-state index is -0.717. The van der Waals surface area contributed by atoms with Crippen LogP contribution in [0.2, 0.25) is 0 Å². The zero-order chi connectivity index (χ0) is 15.1. The maximum absolute atomic E-state index is 11.0. The fourth-order valence-electron chi connectivity index (χ4n) is 3.41. The summed E-state index contributed by atoms with van der Waals surface area (Å²) >= 11 is 4.55. The number of nitro benzene ring substituents is 2. The lowest BCUT2D eigenvalue weighted by Gasteiger charge is -2.29. The Morgan fingerprint density at radius 3 is 2.43 bits per heavy atom. The van der Waals surface area contributed by atoms with Gasteiger partial charge in [-0.15, -0.1) is 0 Å². The second kappa shape index (κ2) is 5.27. The third-order valence-corrected chi connectivity index (χ3v) is 5.07. The molecule has 0 aromatic heterocycles. The van der Waals surface area contributed by atoms with Crippen LogP contribution in [0.5, 0.6) is 0 Å². The van der Waals surface area contributed by atoms with E-state index in [0.29, 0.717) is 23.8 Å². The minimum absolute atomic E-state index is 0.436. The first-order valence-corrected chi connectivity index (χ1v) is 7.31. The summed E-state index contributed by atoms with van der Waals surface area (Å²) in [5.74, 6) is 0.589. The molecule has 21 heavy (non-hydrogen) atoms. The van der Waals surface area contributed by atoms with Crippen molar-refractivity contribution in [3.05, 3.63) is 44.0 Å². The van der Waals surface area contributed by atoms with Gasteiger partial charge in [0.05, 0.1) is 9.85 Å². The third kappa shape index (κ3) is 2.60. The molecule has 1 aromatic carbocycles. The van der Waals surface area contributed by atoms with Crippen molar-refractivity contribution in [3.8, 4) is 0 Å². The van der Waals surface area contributed by atoms with Crippen LogP contribution in [-0.4, -0.2) is 32.6 Å². The fraction of sp³-hybridized carbons (Fsp3) is 0.538. The molecular weight excluding hydrogens is 294 g/mol. The molecule has 2 fully saturated rings. The zero-order valence-electron chi connectivity index (χ0n) is 11.2. The van der Waals surface area contributed by atoms with E-state index < -0.39 is 21.2 Å². The summed E-state index contributed by atoms with van der Waals surface area (Å²) in [5.41, 5.74) is -0.147. The number of nitro groups is 2. The summed E-state index contributed by atoms with van der Waals surface area (Å²) in [4.78, 5) is 22.7. The Kier molecular flexibility index (Phi) is 3.58. The molecule has 1 aromatic rings. The quantitative estimate of drug-likeness (QED) is 0.524. The second-order valence-corrected chi connectivity index (χ2v) is 6.38. The number of piperidine rings is 1. The number of fused-ring (bicyclic) bond motifs is 2. The van der Waals surface area contributed by atoms with Crippen molar-refractivity contribution in [1.82, 2.24) is 4.90 Å². The van der Waals surface area contributed by atoms with Gasteiger partial charge in [0.15, 0.2) is 0 Å². The van der Waals surface area contributed by atoms with Gasteiger partial charge in [0.25, 0.3) is 0 Å². The van der Waals surface area contributed by atoms with E-state index in [4.69, 9.17) is 0 Å². The van der Waals surface area contributed by atoms with Crippen molar-refractivity contribution >= 4 is 24.0 Å². The van der Waals surface area contributed by atoms with Crippen LogP contribution in [0, 0.1) is 26.1 Å². The van der Waals surface area contributed by atoms with E-state index in [1.54, 1.807) is 6.07 Å². The number of nitrogens with zero attached hydrogens (tertiary/aromatic N) is 3. The van der Waals surface area contributed by atoms with Crippen LogP contribution >= 0.6 is 12.6 Å². The van der Waals surface area contributed by atoms with Crippen molar-refractivity contribution in [3.63, 3.8) is 0 Å². The van der Waals surface area contributed by atoms with E-state index in [-0.39, 0.29) is 0 Å². The molecule has 0 amide bonds. The number of hydrogen-bond acceptors (Lipinski definition) is 6. The maximum atomic E-state index is 11.0. The van der Waals surface area contributed by atoms with Gasteiger partial charge in [-0.3, -0.25) is 25.1 Å². The standard InChI is InChI=1S/C13H15N3O4S/c17-15(18)11-2-1-8(3-12(11)16(19)20)6-14-7-9-4-10(14)5-13(9)21/h1-3,9-10,13,21H,4-7H2. The molecule has 2 aliphatic rings. The van der Waals surface area contributed by atoms with Crippen LogP contribution in [0.15, 0.2) is 18.2 Å². The summed E-state index contributed by atoms with van der Waals surface area (Å²) < 4.78 is 0. The van der Waals surface area contributed by atoms with E-state index in [1.807, 2.05) is 0 Å². The van der Waals surface area contributed by atoms with Gasteiger partial charge in [0.1, 0.15) is 0 Å². The Morgan fingerprint density at radius 2 is 1.90 bits per heavy atom. The average Bonchev–Trinajstić information content (AvgIpc) is 2.97. The second-order valence-electron chi connectivity index (χ2n) is 5.72. The lowest BCUT2D eigenvalue weighted by atomic mass is 10.1. The number of rotatable bonds is 4. The van der Waals surface area contributed by atoms with Gasteiger partial charge in [-0.2, -0.15) is 12.6 Å². The molecule has 1 saturated carbocycles. The smallest absolute Gasteiger partial charge is 0.296 e.